The second-order valence-electron chi connectivity index (χ2n) is 3.92. The summed E-state index contributed by atoms with van der Waals surface area (Å²) in [6.07, 6.45) is 1.70. The molecule has 0 bridgehead atoms. The van der Waals surface area contributed by atoms with Crippen LogP contribution >= 0.6 is 15.9 Å². The summed E-state index contributed by atoms with van der Waals surface area (Å²) >= 11 is 3.31. The lowest BCUT2D eigenvalue weighted by atomic mass is 10.1. The molecule has 0 aliphatic heterocycles. The third-order valence-electron chi connectivity index (χ3n) is 2.52. The highest BCUT2D eigenvalue weighted by atomic mass is 79.9. The van der Waals surface area contributed by atoms with Crippen molar-refractivity contribution in [2.75, 3.05) is 11.1 Å². The van der Waals surface area contributed by atoms with E-state index in [1.807, 2.05) is 24.3 Å². The average molecular weight is 308 g/mol. The van der Waals surface area contributed by atoms with Gasteiger partial charge in [-0.15, -0.1) is 0 Å². The number of anilines is 2. The molecule has 4 N–H and O–H groups in total. The topological polar surface area (TPSA) is 71.2 Å². The number of aliphatic hydroxyl groups is 1. The number of pyridine rings is 1. The molecule has 0 saturated heterocycles. The fourth-order valence-electron chi connectivity index (χ4n) is 1.63. The summed E-state index contributed by atoms with van der Waals surface area (Å²) in [7, 11) is 0. The fourth-order valence-corrected chi connectivity index (χ4v) is 1.98. The van der Waals surface area contributed by atoms with Gasteiger partial charge in [0.1, 0.15) is 5.82 Å². The van der Waals surface area contributed by atoms with Gasteiger partial charge in [0.25, 0.3) is 0 Å². The van der Waals surface area contributed by atoms with Gasteiger partial charge in [0.2, 0.25) is 0 Å². The Morgan fingerprint density at radius 3 is 2.78 bits per heavy atom. The van der Waals surface area contributed by atoms with E-state index in [4.69, 9.17) is 10.8 Å². The smallest absolute Gasteiger partial charge is 0.149 e. The highest BCUT2D eigenvalue weighted by Gasteiger charge is 2.01. The van der Waals surface area contributed by atoms with E-state index < -0.39 is 0 Å². The van der Waals surface area contributed by atoms with Crippen LogP contribution in [0.3, 0.4) is 0 Å². The summed E-state index contributed by atoms with van der Waals surface area (Å²) in [6, 6.07) is 9.54. The molecule has 1 aromatic heterocycles. The predicted octanol–water partition coefficient (Wildman–Crippen LogP) is 2.53. The number of aromatic nitrogens is 1. The van der Waals surface area contributed by atoms with Gasteiger partial charge in [-0.05, 0) is 33.1 Å². The highest BCUT2D eigenvalue weighted by Crippen LogP contribution is 2.20. The molecule has 1 heterocycles. The molecule has 94 valence electrons. The number of nitrogen functional groups attached to an aromatic ring is 1. The number of nitrogens with two attached hydrogens (primary N) is 1. The highest BCUT2D eigenvalue weighted by molar-refractivity contribution is 9.10. The zero-order chi connectivity index (χ0) is 13.0. The van der Waals surface area contributed by atoms with E-state index in [0.29, 0.717) is 18.1 Å². The molecular weight excluding hydrogens is 294 g/mol. The average Bonchev–Trinajstić information content (AvgIpc) is 2.38. The first-order valence-corrected chi connectivity index (χ1v) is 6.32. The Bertz CT molecular complexity index is 546. The van der Waals surface area contributed by atoms with Crippen LogP contribution in [0.4, 0.5) is 11.5 Å². The molecule has 1 aromatic carbocycles. The standard InChI is InChI=1S/C13H14BrN3O/c14-11-5-12(15)13(17-7-11)16-6-9-2-1-3-10(4-9)8-18/h1-5,7,18H,6,8,15H2,(H,16,17). The van der Waals surface area contributed by atoms with E-state index in [0.717, 1.165) is 15.6 Å². The maximum atomic E-state index is 9.06. The molecule has 0 aliphatic carbocycles. The summed E-state index contributed by atoms with van der Waals surface area (Å²) in [5.74, 6) is 0.660. The lowest BCUT2D eigenvalue weighted by molar-refractivity contribution is 0.281. The Balaban J connectivity index is 2.06. The lowest BCUT2D eigenvalue weighted by Gasteiger charge is -2.09. The lowest BCUT2D eigenvalue weighted by Crippen LogP contribution is -2.04. The number of nitrogens with zero attached hydrogens (tertiary/aromatic N) is 1. The molecule has 0 amide bonds. The van der Waals surface area contributed by atoms with Crippen molar-refractivity contribution in [1.29, 1.82) is 0 Å². The second kappa shape index (κ2) is 5.84. The molecule has 0 saturated carbocycles. The third-order valence-corrected chi connectivity index (χ3v) is 2.95. The van der Waals surface area contributed by atoms with Crippen LogP contribution in [0.25, 0.3) is 0 Å². The van der Waals surface area contributed by atoms with Gasteiger partial charge in [-0.2, -0.15) is 0 Å². The number of halogens is 1. The van der Waals surface area contributed by atoms with Crippen LogP contribution in [0.15, 0.2) is 41.0 Å². The van der Waals surface area contributed by atoms with Crippen LogP contribution < -0.4 is 11.1 Å². The Morgan fingerprint density at radius 2 is 2.06 bits per heavy atom. The van der Waals surface area contributed by atoms with Crippen molar-refractivity contribution in [2.45, 2.75) is 13.2 Å². The first-order valence-electron chi connectivity index (χ1n) is 5.52. The molecule has 4 nitrogen and oxygen atoms in total. The molecule has 0 atom stereocenters. The van der Waals surface area contributed by atoms with Crippen LogP contribution in [-0.4, -0.2) is 10.1 Å². The van der Waals surface area contributed by atoms with Gasteiger partial charge in [-0.25, -0.2) is 4.98 Å². The molecule has 0 fully saturated rings. The molecule has 0 radical (unpaired) electrons. The van der Waals surface area contributed by atoms with E-state index >= 15 is 0 Å². The Morgan fingerprint density at radius 1 is 1.28 bits per heavy atom. The van der Waals surface area contributed by atoms with Gasteiger partial charge in [-0.3, -0.25) is 0 Å². The number of hydrogen-bond donors (Lipinski definition) is 3. The minimum absolute atomic E-state index is 0.0481. The van der Waals surface area contributed by atoms with E-state index in [9.17, 15) is 0 Å². The number of hydrogen-bond acceptors (Lipinski definition) is 4. The zero-order valence-electron chi connectivity index (χ0n) is 9.73. The molecule has 18 heavy (non-hydrogen) atoms. The molecule has 2 aromatic rings. The predicted molar refractivity (Wildman–Crippen MR) is 76.0 cm³/mol. The first-order chi connectivity index (χ1) is 8.69. The summed E-state index contributed by atoms with van der Waals surface area (Å²) in [6.45, 7) is 0.666. The number of aliphatic hydroxyl groups excluding tert-OH is 1. The van der Waals surface area contributed by atoms with Crippen molar-refractivity contribution in [2.24, 2.45) is 0 Å². The van der Waals surface area contributed by atoms with Crippen LogP contribution in [0.1, 0.15) is 11.1 Å². The summed E-state index contributed by atoms with van der Waals surface area (Å²) < 4.78 is 0.854. The SMILES string of the molecule is Nc1cc(Br)cnc1NCc1cccc(CO)c1. The molecule has 0 aliphatic rings. The molecule has 0 unspecified atom stereocenters. The molecule has 2 rings (SSSR count). The van der Waals surface area contributed by atoms with E-state index in [1.165, 1.54) is 0 Å². The molecule has 0 spiro atoms. The van der Waals surface area contributed by atoms with Crippen molar-refractivity contribution in [3.63, 3.8) is 0 Å². The van der Waals surface area contributed by atoms with Crippen molar-refractivity contribution < 1.29 is 5.11 Å². The van der Waals surface area contributed by atoms with Crippen molar-refractivity contribution in [3.8, 4) is 0 Å². The maximum absolute atomic E-state index is 9.06. The van der Waals surface area contributed by atoms with Crippen molar-refractivity contribution >= 4 is 27.4 Å². The quantitative estimate of drug-likeness (QED) is 0.812. The monoisotopic (exact) mass is 307 g/mol. The van der Waals surface area contributed by atoms with Crippen molar-refractivity contribution in [3.05, 3.63) is 52.1 Å². The minimum atomic E-state index is 0.0481. The van der Waals surface area contributed by atoms with E-state index in [2.05, 4.69) is 26.2 Å². The summed E-state index contributed by atoms with van der Waals surface area (Å²) in [5.41, 5.74) is 8.42. The van der Waals surface area contributed by atoms with Crippen LogP contribution in [0.2, 0.25) is 0 Å². The summed E-state index contributed by atoms with van der Waals surface area (Å²) in [4.78, 5) is 4.20. The minimum Gasteiger partial charge on any atom is -0.396 e. The van der Waals surface area contributed by atoms with Crippen LogP contribution in [0, 0.1) is 0 Å². The maximum Gasteiger partial charge on any atom is 0.149 e. The van der Waals surface area contributed by atoms with Gasteiger partial charge in [-0.1, -0.05) is 24.3 Å². The molecular formula is C13H14BrN3O. The van der Waals surface area contributed by atoms with Gasteiger partial charge in [0.15, 0.2) is 0 Å². The van der Waals surface area contributed by atoms with Gasteiger partial charge in [0, 0.05) is 17.2 Å². The van der Waals surface area contributed by atoms with Gasteiger partial charge >= 0.3 is 0 Å². The van der Waals surface area contributed by atoms with Crippen LogP contribution in [-0.2, 0) is 13.2 Å². The fraction of sp³-hybridized carbons (Fsp3) is 0.154. The zero-order valence-corrected chi connectivity index (χ0v) is 11.3. The number of benzene rings is 1. The largest absolute Gasteiger partial charge is 0.396 e. The normalized spacial score (nSPS) is 10.3. The number of rotatable bonds is 4. The van der Waals surface area contributed by atoms with E-state index in [1.54, 1.807) is 12.3 Å². The van der Waals surface area contributed by atoms with Crippen LogP contribution in [0.5, 0.6) is 0 Å². The first kappa shape index (κ1) is 12.9. The Labute approximate surface area is 114 Å². The van der Waals surface area contributed by atoms with Gasteiger partial charge < -0.3 is 16.2 Å². The van der Waals surface area contributed by atoms with Crippen molar-refractivity contribution in [1.82, 2.24) is 4.98 Å². The molecule has 5 heteroatoms. The second-order valence-corrected chi connectivity index (χ2v) is 4.84. The Hall–Kier alpha value is -1.59. The Kier molecular flexibility index (Phi) is 4.17. The van der Waals surface area contributed by atoms with E-state index in [-0.39, 0.29) is 6.61 Å². The van der Waals surface area contributed by atoms with Gasteiger partial charge in [0.05, 0.1) is 12.3 Å². The summed E-state index contributed by atoms with van der Waals surface area (Å²) in [5, 5.41) is 12.2. The third kappa shape index (κ3) is 3.21. The number of nitrogens with one attached hydrogen (secondary N) is 1.